The minimum atomic E-state index is -0.0499. The number of amidine groups is 1. The molecule has 130 valence electrons. The molecule has 0 atom stereocenters. The molecule has 0 aliphatic rings. The second-order valence-electron chi connectivity index (χ2n) is 4.98. The van der Waals surface area contributed by atoms with Gasteiger partial charge in [-0.05, 0) is 42.0 Å². The third-order valence-electron chi connectivity index (χ3n) is 3.32. The largest absolute Gasteiger partial charge is 0.508 e. The van der Waals surface area contributed by atoms with Crippen LogP contribution in [0.2, 0.25) is 0 Å². The van der Waals surface area contributed by atoms with Crippen molar-refractivity contribution in [1.29, 1.82) is 0 Å². The molecule has 0 aliphatic heterocycles. The number of methoxy groups -OCH3 is 2. The number of ether oxygens (including phenoxy) is 2. The lowest BCUT2D eigenvalue weighted by molar-refractivity contribution is 0.339. The van der Waals surface area contributed by atoms with Crippen molar-refractivity contribution in [1.82, 2.24) is 5.43 Å². The molecule has 0 saturated heterocycles. The second kappa shape index (κ2) is 8.36. The van der Waals surface area contributed by atoms with E-state index in [4.69, 9.17) is 15.2 Å². The average molecular weight is 341 g/mol. The van der Waals surface area contributed by atoms with Gasteiger partial charge in [-0.25, -0.2) is 5.43 Å². The Morgan fingerprint density at radius 2 is 1.72 bits per heavy atom. The molecule has 0 heterocycles. The van der Waals surface area contributed by atoms with E-state index in [1.165, 1.54) is 26.4 Å². The summed E-state index contributed by atoms with van der Waals surface area (Å²) in [7, 11) is 2.93. The molecule has 0 fully saturated rings. The van der Waals surface area contributed by atoms with E-state index in [1.807, 2.05) is 0 Å². The van der Waals surface area contributed by atoms with Gasteiger partial charge in [-0.2, -0.15) is 0 Å². The topological polar surface area (TPSA) is 109 Å². The van der Waals surface area contributed by atoms with Gasteiger partial charge in [0.2, 0.25) is 5.75 Å². The SMILES string of the molecule is COc1cc(CC#CNN=C(N)c2ccc(O)cc2)cc(OC)c1O. The minimum absolute atomic E-state index is 0.0499. The van der Waals surface area contributed by atoms with Gasteiger partial charge >= 0.3 is 0 Å². The summed E-state index contributed by atoms with van der Waals surface area (Å²) < 4.78 is 10.2. The summed E-state index contributed by atoms with van der Waals surface area (Å²) in [5.41, 5.74) is 9.86. The molecule has 0 spiro atoms. The maximum Gasteiger partial charge on any atom is 0.200 e. The van der Waals surface area contributed by atoms with E-state index in [2.05, 4.69) is 22.5 Å². The molecule has 0 bridgehead atoms. The van der Waals surface area contributed by atoms with E-state index in [9.17, 15) is 10.2 Å². The molecule has 0 unspecified atom stereocenters. The first-order valence-electron chi connectivity index (χ1n) is 7.34. The van der Waals surface area contributed by atoms with E-state index in [0.717, 1.165) is 5.56 Å². The quantitative estimate of drug-likeness (QED) is 0.216. The zero-order valence-electron chi connectivity index (χ0n) is 13.9. The summed E-state index contributed by atoms with van der Waals surface area (Å²) in [6.07, 6.45) is 0.397. The number of aromatic hydroxyl groups is 2. The fourth-order valence-electron chi connectivity index (χ4n) is 2.02. The zero-order chi connectivity index (χ0) is 18.2. The van der Waals surface area contributed by atoms with Crippen LogP contribution in [0.15, 0.2) is 41.5 Å². The van der Waals surface area contributed by atoms with Crippen molar-refractivity contribution in [2.24, 2.45) is 10.8 Å². The van der Waals surface area contributed by atoms with Gasteiger partial charge in [-0.15, -0.1) is 5.10 Å². The van der Waals surface area contributed by atoms with Crippen LogP contribution in [0.1, 0.15) is 11.1 Å². The molecule has 7 nitrogen and oxygen atoms in total. The minimum Gasteiger partial charge on any atom is -0.508 e. The van der Waals surface area contributed by atoms with Crippen LogP contribution in [0, 0.1) is 12.0 Å². The Morgan fingerprint density at radius 3 is 2.28 bits per heavy atom. The molecule has 0 radical (unpaired) electrons. The average Bonchev–Trinajstić information content (AvgIpc) is 2.62. The van der Waals surface area contributed by atoms with Crippen LogP contribution in [-0.2, 0) is 6.42 Å². The van der Waals surface area contributed by atoms with Gasteiger partial charge < -0.3 is 25.4 Å². The molecular formula is C18H19N3O4. The van der Waals surface area contributed by atoms with Gasteiger partial charge in [-0.3, -0.25) is 0 Å². The van der Waals surface area contributed by atoms with Gasteiger partial charge in [0.15, 0.2) is 17.3 Å². The smallest absolute Gasteiger partial charge is 0.200 e. The van der Waals surface area contributed by atoms with Gasteiger partial charge in [-0.1, -0.05) is 5.92 Å². The van der Waals surface area contributed by atoms with Crippen LogP contribution in [0.4, 0.5) is 0 Å². The van der Waals surface area contributed by atoms with Crippen LogP contribution >= 0.6 is 0 Å². The van der Waals surface area contributed by atoms with Crippen LogP contribution < -0.4 is 20.6 Å². The number of rotatable bonds is 5. The lowest BCUT2D eigenvalue weighted by Gasteiger charge is -2.09. The first-order valence-corrected chi connectivity index (χ1v) is 7.34. The van der Waals surface area contributed by atoms with Gasteiger partial charge in [0.25, 0.3) is 0 Å². The molecule has 5 N–H and O–H groups in total. The predicted octanol–water partition coefficient (Wildman–Crippen LogP) is 1.53. The zero-order valence-corrected chi connectivity index (χ0v) is 13.9. The number of phenols is 2. The predicted molar refractivity (Wildman–Crippen MR) is 94.7 cm³/mol. The number of hydrazone groups is 1. The fourth-order valence-corrected chi connectivity index (χ4v) is 2.02. The van der Waals surface area contributed by atoms with Gasteiger partial charge in [0, 0.05) is 18.0 Å². The molecule has 25 heavy (non-hydrogen) atoms. The second-order valence-corrected chi connectivity index (χ2v) is 4.98. The summed E-state index contributed by atoms with van der Waals surface area (Å²) >= 11 is 0. The Labute approximate surface area is 145 Å². The van der Waals surface area contributed by atoms with Crippen molar-refractivity contribution in [3.05, 3.63) is 47.5 Å². The highest BCUT2D eigenvalue weighted by molar-refractivity contribution is 5.97. The summed E-state index contributed by atoms with van der Waals surface area (Å²) in [5, 5.41) is 23.0. The lowest BCUT2D eigenvalue weighted by atomic mass is 10.1. The lowest BCUT2D eigenvalue weighted by Crippen LogP contribution is -2.16. The van der Waals surface area contributed by atoms with E-state index in [-0.39, 0.29) is 17.3 Å². The molecule has 7 heteroatoms. The maximum absolute atomic E-state index is 9.86. The summed E-state index contributed by atoms with van der Waals surface area (Å²) in [4.78, 5) is 0. The number of nitrogens with two attached hydrogens (primary N) is 1. The van der Waals surface area contributed by atoms with Crippen LogP contribution in [0.3, 0.4) is 0 Å². The molecule has 2 aromatic rings. The molecular weight excluding hydrogens is 322 g/mol. The summed E-state index contributed by atoms with van der Waals surface area (Å²) in [6, 6.07) is 12.4. The summed E-state index contributed by atoms with van der Waals surface area (Å²) in [6.45, 7) is 0. The number of nitrogens with zero attached hydrogens (tertiary/aromatic N) is 1. The third kappa shape index (κ3) is 4.72. The van der Waals surface area contributed by atoms with E-state index in [0.29, 0.717) is 23.5 Å². The Morgan fingerprint density at radius 1 is 1.12 bits per heavy atom. The van der Waals surface area contributed by atoms with E-state index < -0.39 is 0 Å². The standard InChI is InChI=1S/C18H19N3O4/c1-24-15-10-12(11-16(25-2)17(15)23)4-3-9-20-21-18(19)13-5-7-14(22)8-6-13/h5-8,10-11,20,22-23H,4H2,1-2H3,(H2,19,21). The van der Waals surface area contributed by atoms with Gasteiger partial charge in [0.1, 0.15) is 5.75 Å². The van der Waals surface area contributed by atoms with Crippen molar-refractivity contribution in [3.63, 3.8) is 0 Å². The Hall–Kier alpha value is -3.53. The molecule has 0 amide bonds. The van der Waals surface area contributed by atoms with Crippen LogP contribution in [0.25, 0.3) is 0 Å². The molecule has 0 saturated carbocycles. The Balaban J connectivity index is 2.01. The number of hydrogen-bond acceptors (Lipinski definition) is 6. The number of phenolic OH excluding ortho intramolecular Hbond substituents is 2. The van der Waals surface area contributed by atoms with Crippen LogP contribution in [-0.4, -0.2) is 30.3 Å². The number of hydrogen-bond donors (Lipinski definition) is 4. The van der Waals surface area contributed by atoms with Crippen molar-refractivity contribution in [2.45, 2.75) is 6.42 Å². The molecule has 2 aromatic carbocycles. The van der Waals surface area contributed by atoms with Crippen molar-refractivity contribution in [3.8, 4) is 35.0 Å². The monoisotopic (exact) mass is 341 g/mol. The first-order chi connectivity index (χ1) is 12.0. The Kier molecular flexibility index (Phi) is 5.96. The molecule has 0 aromatic heterocycles. The highest BCUT2D eigenvalue weighted by atomic mass is 16.5. The third-order valence-corrected chi connectivity index (χ3v) is 3.32. The normalized spacial score (nSPS) is 10.6. The Bertz CT molecular complexity index is 795. The van der Waals surface area contributed by atoms with Crippen LogP contribution in [0.5, 0.6) is 23.0 Å². The van der Waals surface area contributed by atoms with Crippen molar-refractivity contribution >= 4 is 5.84 Å². The van der Waals surface area contributed by atoms with E-state index in [1.54, 1.807) is 24.3 Å². The fraction of sp³-hybridized carbons (Fsp3) is 0.167. The number of nitrogens with one attached hydrogen (secondary N) is 1. The highest BCUT2D eigenvalue weighted by Crippen LogP contribution is 2.37. The molecule has 0 aliphatic carbocycles. The highest BCUT2D eigenvalue weighted by Gasteiger charge is 2.10. The van der Waals surface area contributed by atoms with E-state index >= 15 is 0 Å². The van der Waals surface area contributed by atoms with Crippen molar-refractivity contribution < 1.29 is 19.7 Å². The van der Waals surface area contributed by atoms with Crippen molar-refractivity contribution in [2.75, 3.05) is 14.2 Å². The summed E-state index contributed by atoms with van der Waals surface area (Å²) in [5.74, 6) is 3.88. The van der Waals surface area contributed by atoms with Gasteiger partial charge in [0.05, 0.1) is 14.2 Å². The number of benzene rings is 2. The first kappa shape index (κ1) is 17.8. The molecule has 2 rings (SSSR count). The maximum atomic E-state index is 9.86.